The summed E-state index contributed by atoms with van der Waals surface area (Å²) in [6.07, 6.45) is 1.10. The maximum absolute atomic E-state index is 8.69. The van der Waals surface area contributed by atoms with Gasteiger partial charge in [0, 0.05) is 6.54 Å². The number of hydrogen-bond donors (Lipinski definition) is 1. The molecule has 3 nitrogen and oxygen atoms in total. The molecule has 98 valence electrons. The van der Waals surface area contributed by atoms with E-state index in [0.29, 0.717) is 18.2 Å². The van der Waals surface area contributed by atoms with Crippen LogP contribution < -0.4 is 5.32 Å². The molecule has 1 aromatic heterocycles. The van der Waals surface area contributed by atoms with Crippen molar-refractivity contribution in [2.24, 2.45) is 0 Å². The van der Waals surface area contributed by atoms with Crippen LogP contribution in [0.4, 0.5) is 0 Å². The Balaban J connectivity index is 1.86. The zero-order valence-corrected chi connectivity index (χ0v) is 11.1. The third-order valence-corrected chi connectivity index (χ3v) is 3.23. The first kappa shape index (κ1) is 13.4. The number of furan rings is 1. The Labute approximate surface area is 113 Å². The van der Waals surface area contributed by atoms with Gasteiger partial charge in [0.25, 0.3) is 0 Å². The molecule has 0 aliphatic heterocycles. The zero-order valence-electron chi connectivity index (χ0n) is 11.1. The molecule has 0 amide bonds. The fourth-order valence-corrected chi connectivity index (χ4v) is 2.13. The third kappa shape index (κ3) is 3.70. The summed E-state index contributed by atoms with van der Waals surface area (Å²) >= 11 is 0. The van der Waals surface area contributed by atoms with Crippen LogP contribution in [0.1, 0.15) is 36.3 Å². The van der Waals surface area contributed by atoms with Crippen LogP contribution in [0.3, 0.4) is 0 Å². The lowest BCUT2D eigenvalue weighted by atomic mass is 9.96. The molecule has 0 saturated carbocycles. The highest BCUT2D eigenvalue weighted by molar-refractivity contribution is 5.20. The topological polar surface area (TPSA) is 49.0 Å². The largest absolute Gasteiger partial charge is 0.449 e. The molecule has 19 heavy (non-hydrogen) atoms. The second kappa shape index (κ2) is 6.77. The third-order valence-electron chi connectivity index (χ3n) is 3.23. The van der Waals surface area contributed by atoms with Gasteiger partial charge in [-0.15, -0.1) is 0 Å². The molecule has 0 spiro atoms. The number of nitrogens with zero attached hydrogens (tertiary/aromatic N) is 1. The first-order valence-electron chi connectivity index (χ1n) is 6.58. The Morgan fingerprint density at radius 3 is 2.63 bits per heavy atom. The van der Waals surface area contributed by atoms with Crippen LogP contribution in [0.2, 0.25) is 0 Å². The average Bonchev–Trinajstić information content (AvgIpc) is 2.92. The second-order valence-electron chi connectivity index (χ2n) is 4.52. The molecule has 0 bridgehead atoms. The van der Waals surface area contributed by atoms with Gasteiger partial charge in [0.2, 0.25) is 5.76 Å². The summed E-state index contributed by atoms with van der Waals surface area (Å²) in [4.78, 5) is 0. The molecular formula is C16H18N2O. The average molecular weight is 254 g/mol. The maximum atomic E-state index is 8.69. The molecule has 2 aromatic rings. The normalized spacial score (nSPS) is 12.0. The van der Waals surface area contributed by atoms with E-state index in [4.69, 9.17) is 9.68 Å². The van der Waals surface area contributed by atoms with Gasteiger partial charge < -0.3 is 9.73 Å². The van der Waals surface area contributed by atoms with Gasteiger partial charge in [-0.1, -0.05) is 37.3 Å². The summed E-state index contributed by atoms with van der Waals surface area (Å²) in [5, 5.41) is 12.1. The van der Waals surface area contributed by atoms with Gasteiger partial charge in [0.15, 0.2) is 0 Å². The highest BCUT2D eigenvalue weighted by Crippen LogP contribution is 2.18. The SMILES string of the molecule is CCC(CNCc1ccc(C#N)o1)c1ccccc1. The van der Waals surface area contributed by atoms with Crippen LogP contribution >= 0.6 is 0 Å². The van der Waals surface area contributed by atoms with Gasteiger partial charge >= 0.3 is 0 Å². The van der Waals surface area contributed by atoms with Crippen molar-refractivity contribution in [2.75, 3.05) is 6.54 Å². The summed E-state index contributed by atoms with van der Waals surface area (Å²) in [5.74, 6) is 1.68. The fourth-order valence-electron chi connectivity index (χ4n) is 2.13. The van der Waals surface area contributed by atoms with Gasteiger partial charge in [-0.25, -0.2) is 0 Å². The minimum absolute atomic E-state index is 0.368. The molecule has 0 radical (unpaired) electrons. The van der Waals surface area contributed by atoms with Crippen molar-refractivity contribution in [3.63, 3.8) is 0 Å². The van der Waals surface area contributed by atoms with Gasteiger partial charge in [-0.2, -0.15) is 5.26 Å². The summed E-state index contributed by atoms with van der Waals surface area (Å²) in [6.45, 7) is 3.76. The Kier molecular flexibility index (Phi) is 4.77. The van der Waals surface area contributed by atoms with Crippen LogP contribution in [0, 0.1) is 11.3 Å². The number of benzene rings is 1. The summed E-state index contributed by atoms with van der Waals surface area (Å²) in [6, 6.07) is 16.0. The first-order chi connectivity index (χ1) is 9.33. The molecule has 0 fully saturated rings. The monoisotopic (exact) mass is 254 g/mol. The van der Waals surface area contributed by atoms with E-state index in [0.717, 1.165) is 18.7 Å². The first-order valence-corrected chi connectivity index (χ1v) is 6.58. The number of rotatable bonds is 6. The van der Waals surface area contributed by atoms with Crippen LogP contribution in [0.15, 0.2) is 46.9 Å². The van der Waals surface area contributed by atoms with E-state index in [1.165, 1.54) is 5.56 Å². The number of nitriles is 1. The lowest BCUT2D eigenvalue weighted by molar-refractivity contribution is 0.463. The van der Waals surface area contributed by atoms with Crippen LogP contribution in [0.25, 0.3) is 0 Å². The van der Waals surface area contributed by atoms with Crippen LogP contribution in [-0.4, -0.2) is 6.54 Å². The lowest BCUT2D eigenvalue weighted by Crippen LogP contribution is -2.20. The molecule has 1 heterocycles. The van der Waals surface area contributed by atoms with E-state index in [2.05, 4.69) is 36.5 Å². The van der Waals surface area contributed by atoms with Gasteiger partial charge in [0.1, 0.15) is 11.8 Å². The predicted octanol–water partition coefficient (Wildman–Crippen LogP) is 3.43. The lowest BCUT2D eigenvalue weighted by Gasteiger charge is -2.15. The van der Waals surface area contributed by atoms with E-state index >= 15 is 0 Å². The predicted molar refractivity (Wildman–Crippen MR) is 74.6 cm³/mol. The molecule has 1 aromatic carbocycles. The number of hydrogen-bond acceptors (Lipinski definition) is 3. The van der Waals surface area contributed by atoms with Gasteiger partial charge in [0.05, 0.1) is 6.54 Å². The van der Waals surface area contributed by atoms with Gasteiger partial charge in [-0.3, -0.25) is 0 Å². The van der Waals surface area contributed by atoms with Crippen LogP contribution in [-0.2, 0) is 6.54 Å². The fraction of sp³-hybridized carbons (Fsp3) is 0.312. The maximum Gasteiger partial charge on any atom is 0.203 e. The smallest absolute Gasteiger partial charge is 0.203 e. The van der Waals surface area contributed by atoms with Crippen molar-refractivity contribution in [1.29, 1.82) is 5.26 Å². The van der Waals surface area contributed by atoms with Crippen LogP contribution in [0.5, 0.6) is 0 Å². The Morgan fingerprint density at radius 2 is 2.00 bits per heavy atom. The molecule has 0 aliphatic rings. The summed E-state index contributed by atoms with van der Waals surface area (Å²) in [5.41, 5.74) is 1.36. The molecule has 3 heteroatoms. The Morgan fingerprint density at radius 1 is 1.21 bits per heavy atom. The minimum atomic E-state index is 0.368. The summed E-state index contributed by atoms with van der Waals surface area (Å²) < 4.78 is 5.33. The molecule has 0 aliphatic carbocycles. The zero-order chi connectivity index (χ0) is 13.5. The van der Waals surface area contributed by atoms with E-state index in [1.54, 1.807) is 6.07 Å². The van der Waals surface area contributed by atoms with E-state index in [1.807, 2.05) is 18.2 Å². The van der Waals surface area contributed by atoms with Crippen molar-refractivity contribution in [2.45, 2.75) is 25.8 Å². The Hall–Kier alpha value is -2.05. The van der Waals surface area contributed by atoms with Crippen molar-refractivity contribution < 1.29 is 4.42 Å². The highest BCUT2D eigenvalue weighted by atomic mass is 16.3. The molecule has 1 unspecified atom stereocenters. The minimum Gasteiger partial charge on any atom is -0.449 e. The highest BCUT2D eigenvalue weighted by Gasteiger charge is 2.08. The molecular weight excluding hydrogens is 236 g/mol. The molecule has 1 atom stereocenters. The Bertz CT molecular complexity index is 539. The molecule has 2 rings (SSSR count). The van der Waals surface area contributed by atoms with E-state index < -0.39 is 0 Å². The van der Waals surface area contributed by atoms with E-state index in [9.17, 15) is 0 Å². The van der Waals surface area contributed by atoms with Gasteiger partial charge in [-0.05, 0) is 30.0 Å². The van der Waals surface area contributed by atoms with Crippen molar-refractivity contribution in [1.82, 2.24) is 5.32 Å². The molecule has 0 saturated heterocycles. The summed E-state index contributed by atoms with van der Waals surface area (Å²) in [7, 11) is 0. The second-order valence-corrected chi connectivity index (χ2v) is 4.52. The van der Waals surface area contributed by atoms with Crippen molar-refractivity contribution in [3.05, 3.63) is 59.5 Å². The van der Waals surface area contributed by atoms with Crippen molar-refractivity contribution in [3.8, 4) is 6.07 Å². The quantitative estimate of drug-likeness (QED) is 0.859. The van der Waals surface area contributed by atoms with Crippen molar-refractivity contribution >= 4 is 0 Å². The number of nitrogens with one attached hydrogen (secondary N) is 1. The van der Waals surface area contributed by atoms with E-state index in [-0.39, 0.29) is 0 Å². The molecule has 1 N–H and O–H groups in total. The standard InChI is InChI=1S/C16H18N2O/c1-2-13(14-6-4-3-5-7-14)11-18-12-16-9-8-15(10-17)19-16/h3-9,13,18H,2,11-12H2,1H3.